The Kier molecular flexibility index (Phi) is 5.21. The van der Waals surface area contributed by atoms with E-state index >= 15 is 0 Å². The molecule has 0 aliphatic carbocycles. The number of pyridine rings is 1. The first-order valence-corrected chi connectivity index (χ1v) is 7.53. The molecular weight excluding hydrogens is 292 g/mol. The van der Waals surface area contributed by atoms with Gasteiger partial charge in [-0.2, -0.15) is 0 Å². The van der Waals surface area contributed by atoms with Crippen LogP contribution in [0.1, 0.15) is 27.9 Å². The topological polar surface area (TPSA) is 71.2 Å². The van der Waals surface area contributed by atoms with Crippen LogP contribution in [0.3, 0.4) is 0 Å². The van der Waals surface area contributed by atoms with Crippen molar-refractivity contribution in [1.82, 2.24) is 10.3 Å². The Hall–Kier alpha value is -2.56. The number of aryl methyl sites for hydroxylation is 3. The van der Waals surface area contributed by atoms with E-state index < -0.39 is 0 Å². The summed E-state index contributed by atoms with van der Waals surface area (Å²) in [5.74, 6) is 0.440. The number of hydrogen-bond acceptors (Lipinski definition) is 3. The molecule has 0 aliphatic heterocycles. The third-order valence-corrected chi connectivity index (χ3v) is 3.87. The standard InChI is InChI=1S/C18H22N2O3/c1-11-6-5-7-16(14(11)4)23-10-17(21)19-9-15-12(2)8-13(3)20-18(15)22/h5-8H,9-10H2,1-4H3,(H,19,21)(H,20,22). The van der Waals surface area contributed by atoms with E-state index in [1.165, 1.54) is 0 Å². The molecule has 1 heterocycles. The Morgan fingerprint density at radius 1 is 1.17 bits per heavy atom. The van der Waals surface area contributed by atoms with Gasteiger partial charge in [0.25, 0.3) is 11.5 Å². The lowest BCUT2D eigenvalue weighted by Gasteiger charge is -2.11. The lowest BCUT2D eigenvalue weighted by molar-refractivity contribution is -0.123. The third-order valence-electron chi connectivity index (χ3n) is 3.87. The minimum absolute atomic E-state index is 0.0763. The molecule has 2 rings (SSSR count). The van der Waals surface area contributed by atoms with Crippen molar-refractivity contribution in [2.75, 3.05) is 6.61 Å². The predicted molar refractivity (Wildman–Crippen MR) is 89.8 cm³/mol. The van der Waals surface area contributed by atoms with Crippen LogP contribution < -0.4 is 15.6 Å². The molecule has 2 aromatic rings. The third kappa shape index (κ3) is 4.22. The maximum atomic E-state index is 11.9. The summed E-state index contributed by atoms with van der Waals surface area (Å²) >= 11 is 0. The van der Waals surface area contributed by atoms with Crippen molar-refractivity contribution in [3.8, 4) is 5.75 Å². The van der Waals surface area contributed by atoms with Crippen LogP contribution in [0, 0.1) is 27.7 Å². The Morgan fingerprint density at radius 3 is 2.61 bits per heavy atom. The number of carbonyl (C=O) groups excluding carboxylic acids is 1. The molecule has 0 atom stereocenters. The predicted octanol–water partition coefficient (Wildman–Crippen LogP) is 2.30. The van der Waals surface area contributed by atoms with Crippen molar-refractivity contribution in [2.45, 2.75) is 34.2 Å². The average Bonchev–Trinajstić information content (AvgIpc) is 2.47. The van der Waals surface area contributed by atoms with Crippen LogP contribution >= 0.6 is 0 Å². The molecule has 122 valence electrons. The fraction of sp³-hybridized carbons (Fsp3) is 0.333. The summed E-state index contributed by atoms with van der Waals surface area (Å²) in [5.41, 5.74) is 4.20. The summed E-state index contributed by atoms with van der Waals surface area (Å²) in [7, 11) is 0. The van der Waals surface area contributed by atoms with Crippen LogP contribution in [0.25, 0.3) is 0 Å². The number of amides is 1. The van der Waals surface area contributed by atoms with Gasteiger partial charge in [0, 0.05) is 17.8 Å². The summed E-state index contributed by atoms with van der Waals surface area (Å²) in [5, 5.41) is 2.72. The van der Waals surface area contributed by atoms with Gasteiger partial charge in [0.2, 0.25) is 0 Å². The maximum absolute atomic E-state index is 11.9. The fourth-order valence-electron chi connectivity index (χ4n) is 2.36. The van der Waals surface area contributed by atoms with Gasteiger partial charge in [0.15, 0.2) is 6.61 Å². The molecule has 0 bridgehead atoms. The van der Waals surface area contributed by atoms with Gasteiger partial charge in [-0.1, -0.05) is 12.1 Å². The smallest absolute Gasteiger partial charge is 0.258 e. The molecule has 5 nitrogen and oxygen atoms in total. The van der Waals surface area contributed by atoms with Crippen LogP contribution in [-0.4, -0.2) is 17.5 Å². The number of aromatic nitrogens is 1. The van der Waals surface area contributed by atoms with E-state index in [1.54, 1.807) is 0 Å². The van der Waals surface area contributed by atoms with E-state index in [0.717, 1.165) is 22.4 Å². The molecule has 0 unspecified atom stereocenters. The summed E-state index contributed by atoms with van der Waals surface area (Å²) in [6, 6.07) is 7.61. The molecule has 0 saturated carbocycles. The Labute approximate surface area is 135 Å². The summed E-state index contributed by atoms with van der Waals surface area (Å²) in [6.45, 7) is 7.75. The number of H-pyrrole nitrogens is 1. The number of hydrogen-bond donors (Lipinski definition) is 2. The minimum atomic E-state index is -0.259. The number of ether oxygens (including phenoxy) is 1. The molecule has 1 amide bonds. The van der Waals surface area contributed by atoms with Gasteiger partial charge in [0.05, 0.1) is 0 Å². The highest BCUT2D eigenvalue weighted by molar-refractivity contribution is 5.77. The molecule has 2 N–H and O–H groups in total. The van der Waals surface area contributed by atoms with Crippen molar-refractivity contribution in [3.63, 3.8) is 0 Å². The van der Waals surface area contributed by atoms with Crippen molar-refractivity contribution < 1.29 is 9.53 Å². The number of nitrogens with one attached hydrogen (secondary N) is 2. The van der Waals surface area contributed by atoms with Gasteiger partial charge in [-0.05, 0) is 56.5 Å². The molecule has 0 spiro atoms. The second kappa shape index (κ2) is 7.13. The van der Waals surface area contributed by atoms with Gasteiger partial charge in [0.1, 0.15) is 5.75 Å². The zero-order valence-electron chi connectivity index (χ0n) is 13.9. The number of benzene rings is 1. The van der Waals surface area contributed by atoms with Gasteiger partial charge >= 0.3 is 0 Å². The molecule has 23 heavy (non-hydrogen) atoms. The second-order valence-corrected chi connectivity index (χ2v) is 5.71. The van der Waals surface area contributed by atoms with Crippen molar-refractivity contribution >= 4 is 5.91 Å². The Morgan fingerprint density at radius 2 is 1.91 bits per heavy atom. The molecule has 1 aromatic carbocycles. The largest absolute Gasteiger partial charge is 0.483 e. The molecule has 1 aromatic heterocycles. The van der Waals surface area contributed by atoms with E-state index in [2.05, 4.69) is 10.3 Å². The molecular formula is C18H22N2O3. The Balaban J connectivity index is 1.94. The first kappa shape index (κ1) is 16.8. The van der Waals surface area contributed by atoms with Gasteiger partial charge in [-0.25, -0.2) is 0 Å². The molecule has 0 saturated heterocycles. The fourth-order valence-corrected chi connectivity index (χ4v) is 2.36. The SMILES string of the molecule is Cc1cc(C)c(CNC(=O)COc2cccc(C)c2C)c(=O)[nH]1. The highest BCUT2D eigenvalue weighted by Crippen LogP contribution is 2.20. The van der Waals surface area contributed by atoms with Crippen LogP contribution in [0.4, 0.5) is 0 Å². The molecule has 0 fully saturated rings. The lowest BCUT2D eigenvalue weighted by atomic mass is 10.1. The van der Waals surface area contributed by atoms with Crippen molar-refractivity contribution in [1.29, 1.82) is 0 Å². The highest BCUT2D eigenvalue weighted by atomic mass is 16.5. The number of aromatic amines is 1. The van der Waals surface area contributed by atoms with Crippen LogP contribution in [0.2, 0.25) is 0 Å². The lowest BCUT2D eigenvalue weighted by Crippen LogP contribution is -2.31. The quantitative estimate of drug-likeness (QED) is 0.889. The summed E-state index contributed by atoms with van der Waals surface area (Å²) in [6.07, 6.45) is 0. The van der Waals surface area contributed by atoms with Crippen molar-refractivity contribution in [3.05, 3.63) is 62.6 Å². The highest BCUT2D eigenvalue weighted by Gasteiger charge is 2.09. The summed E-state index contributed by atoms with van der Waals surface area (Å²) < 4.78 is 5.55. The van der Waals surface area contributed by atoms with E-state index in [-0.39, 0.29) is 24.6 Å². The number of rotatable bonds is 5. The number of carbonyl (C=O) groups is 1. The first-order valence-electron chi connectivity index (χ1n) is 7.53. The van der Waals surface area contributed by atoms with E-state index in [9.17, 15) is 9.59 Å². The summed E-state index contributed by atoms with van der Waals surface area (Å²) in [4.78, 5) is 26.6. The molecule has 0 radical (unpaired) electrons. The zero-order valence-corrected chi connectivity index (χ0v) is 13.9. The van der Waals surface area contributed by atoms with Gasteiger partial charge in [-0.15, -0.1) is 0 Å². The van der Waals surface area contributed by atoms with E-state index in [1.807, 2.05) is 52.0 Å². The zero-order chi connectivity index (χ0) is 17.0. The minimum Gasteiger partial charge on any atom is -0.483 e. The van der Waals surface area contributed by atoms with Crippen LogP contribution in [0.5, 0.6) is 5.75 Å². The van der Waals surface area contributed by atoms with E-state index in [4.69, 9.17) is 4.74 Å². The maximum Gasteiger partial charge on any atom is 0.258 e. The van der Waals surface area contributed by atoms with Gasteiger partial charge in [-0.3, -0.25) is 9.59 Å². The first-order chi connectivity index (χ1) is 10.9. The normalized spacial score (nSPS) is 10.4. The second-order valence-electron chi connectivity index (χ2n) is 5.71. The van der Waals surface area contributed by atoms with Crippen molar-refractivity contribution in [2.24, 2.45) is 0 Å². The van der Waals surface area contributed by atoms with Crippen LogP contribution in [0.15, 0.2) is 29.1 Å². The monoisotopic (exact) mass is 314 g/mol. The molecule has 0 aliphatic rings. The van der Waals surface area contributed by atoms with E-state index in [0.29, 0.717) is 11.3 Å². The molecule has 5 heteroatoms. The average molecular weight is 314 g/mol. The van der Waals surface area contributed by atoms with Crippen LogP contribution in [-0.2, 0) is 11.3 Å². The Bertz CT molecular complexity index is 778. The van der Waals surface area contributed by atoms with Gasteiger partial charge < -0.3 is 15.0 Å².